The molecule has 2 rings (SSSR count). The van der Waals surface area contributed by atoms with Gasteiger partial charge in [0.2, 0.25) is 0 Å². The van der Waals surface area contributed by atoms with Gasteiger partial charge in [-0.2, -0.15) is 0 Å². The Kier molecular flexibility index (Phi) is 13.8. The first-order valence-corrected chi connectivity index (χ1v) is 11.5. The number of ether oxygens (including phenoxy) is 2. The summed E-state index contributed by atoms with van der Waals surface area (Å²) in [6.45, 7) is 2.91. The molecule has 0 spiro atoms. The predicted molar refractivity (Wildman–Crippen MR) is 122 cm³/mol. The van der Waals surface area contributed by atoms with E-state index in [9.17, 15) is 4.79 Å². The molecular weight excluding hydrogens is 536 g/mol. The van der Waals surface area contributed by atoms with E-state index in [0.717, 1.165) is 59.0 Å². The minimum Gasteiger partial charge on any atom is -1.00 e. The van der Waals surface area contributed by atoms with Crippen molar-refractivity contribution in [1.82, 2.24) is 5.32 Å². The van der Waals surface area contributed by atoms with E-state index in [-0.39, 0.29) is 18.5 Å². The Labute approximate surface area is 202 Å². The molecule has 0 radical (unpaired) electrons. The molecule has 0 aliphatic rings. The maximum atomic E-state index is 11.7. The summed E-state index contributed by atoms with van der Waals surface area (Å²) in [7, 11) is 1.70. The van der Waals surface area contributed by atoms with Crippen LogP contribution in [-0.4, -0.2) is 26.3 Å². The van der Waals surface area contributed by atoms with Crippen LogP contribution in [0.15, 0.2) is 51.4 Å². The van der Waals surface area contributed by atoms with Gasteiger partial charge in [0.25, 0.3) is 0 Å². The smallest absolute Gasteiger partial charge is 0.407 e. The lowest BCUT2D eigenvalue weighted by Gasteiger charge is -2.10. The fourth-order valence-corrected chi connectivity index (χ4v) is 4.46. The van der Waals surface area contributed by atoms with Crippen LogP contribution in [0.1, 0.15) is 36.8 Å². The number of hydrogen-bond acceptors (Lipinski definition) is 3. The van der Waals surface area contributed by atoms with Crippen LogP contribution in [0.25, 0.3) is 0 Å². The van der Waals surface area contributed by atoms with Gasteiger partial charge in [0.1, 0.15) is 18.9 Å². The Morgan fingerprint density at radius 1 is 1.07 bits per heavy atom. The van der Waals surface area contributed by atoms with E-state index in [1.54, 1.807) is 7.11 Å². The molecule has 2 aromatic rings. The van der Waals surface area contributed by atoms with Crippen LogP contribution >= 0.6 is 31.9 Å². The topological polar surface area (TPSA) is 64.2 Å². The van der Waals surface area contributed by atoms with Crippen molar-refractivity contribution in [3.05, 3.63) is 62.5 Å². The highest BCUT2D eigenvalue weighted by Crippen LogP contribution is 2.32. The van der Waals surface area contributed by atoms with Gasteiger partial charge < -0.3 is 32.5 Å². The molecule has 0 saturated carbocycles. The number of nitrogens with two attached hydrogens (primary N) is 1. The molecule has 30 heavy (non-hydrogen) atoms. The van der Waals surface area contributed by atoms with Crippen LogP contribution < -0.4 is 27.8 Å². The number of amides is 1. The van der Waals surface area contributed by atoms with E-state index < -0.39 is 0 Å². The summed E-state index contributed by atoms with van der Waals surface area (Å²) in [6, 6.07) is 13.8. The first-order valence-electron chi connectivity index (χ1n) is 9.88. The molecule has 0 aromatic heterocycles. The molecular formula is C22H29Br2ClN2O3. The monoisotopic (exact) mass is 562 g/mol. The third-order valence-electron chi connectivity index (χ3n) is 4.47. The normalized spacial score (nSPS) is 10.2. The molecule has 0 aliphatic heterocycles. The highest BCUT2D eigenvalue weighted by molar-refractivity contribution is 9.11. The Bertz CT molecular complexity index is 764. The van der Waals surface area contributed by atoms with Gasteiger partial charge in [-0.15, -0.1) is 0 Å². The summed E-state index contributed by atoms with van der Waals surface area (Å²) >= 11 is 7.07. The molecule has 0 saturated heterocycles. The number of nitrogens with one attached hydrogen (secondary N) is 1. The van der Waals surface area contributed by atoms with Crippen LogP contribution in [0.5, 0.6) is 5.75 Å². The molecule has 0 unspecified atom stereocenters. The van der Waals surface area contributed by atoms with Gasteiger partial charge in [-0.3, -0.25) is 0 Å². The molecule has 3 N–H and O–H groups in total. The van der Waals surface area contributed by atoms with Crippen molar-refractivity contribution in [2.24, 2.45) is 0 Å². The second-order valence-corrected chi connectivity index (χ2v) is 8.53. The number of alkyl carbamates (subject to hydrolysis) is 1. The van der Waals surface area contributed by atoms with Crippen molar-refractivity contribution in [2.75, 3.05) is 20.2 Å². The quantitative estimate of drug-likeness (QED) is 0.387. The summed E-state index contributed by atoms with van der Waals surface area (Å²) in [6.07, 6.45) is 4.01. The van der Waals surface area contributed by atoms with Crippen LogP contribution in [0, 0.1) is 0 Å². The van der Waals surface area contributed by atoms with E-state index in [4.69, 9.17) is 9.47 Å². The van der Waals surface area contributed by atoms with Gasteiger partial charge in [0.15, 0.2) is 0 Å². The fraction of sp³-hybridized carbons (Fsp3) is 0.409. The average Bonchev–Trinajstić information content (AvgIpc) is 2.71. The van der Waals surface area contributed by atoms with Crippen LogP contribution in [0.3, 0.4) is 0 Å². The molecule has 166 valence electrons. The Hall–Kier alpha value is -1.28. The zero-order chi connectivity index (χ0) is 20.9. The number of quaternary nitrogens is 1. The number of carbonyl (C=O) groups is 1. The van der Waals surface area contributed by atoms with E-state index >= 15 is 0 Å². The second-order valence-electron chi connectivity index (χ2n) is 6.76. The molecule has 0 fully saturated rings. The summed E-state index contributed by atoms with van der Waals surface area (Å²) < 4.78 is 12.7. The third-order valence-corrected chi connectivity index (χ3v) is 5.52. The number of methoxy groups -OCH3 is 1. The lowest BCUT2D eigenvalue weighted by Crippen LogP contribution is -3.00. The van der Waals surface area contributed by atoms with Crippen LogP contribution in [0.4, 0.5) is 4.79 Å². The van der Waals surface area contributed by atoms with Gasteiger partial charge in [0, 0.05) is 11.0 Å². The number of benzene rings is 2. The lowest BCUT2D eigenvalue weighted by molar-refractivity contribution is -0.671. The summed E-state index contributed by atoms with van der Waals surface area (Å²) in [5.74, 6) is 0.898. The molecule has 0 heterocycles. The molecule has 0 atom stereocenters. The average molecular weight is 565 g/mol. The zero-order valence-electron chi connectivity index (χ0n) is 17.1. The van der Waals surface area contributed by atoms with Crippen molar-refractivity contribution in [3.8, 4) is 5.75 Å². The van der Waals surface area contributed by atoms with Crippen LogP contribution in [-0.2, 0) is 17.9 Å². The van der Waals surface area contributed by atoms with Gasteiger partial charge in [0.05, 0.1) is 23.7 Å². The number of carbonyl (C=O) groups excluding carboxylic acids is 1. The number of rotatable bonds is 12. The SMILES string of the molecule is COc1c(Br)cc(Br)cc1C[NH2+]CCCCCCNC(=O)OCc1ccccc1.[Cl-]. The summed E-state index contributed by atoms with van der Waals surface area (Å²) in [5.41, 5.74) is 2.17. The third kappa shape index (κ3) is 10.2. The van der Waals surface area contributed by atoms with E-state index in [1.165, 1.54) is 5.56 Å². The molecule has 8 heteroatoms. The molecule has 5 nitrogen and oxygen atoms in total. The first kappa shape index (κ1) is 26.8. The zero-order valence-corrected chi connectivity index (χ0v) is 21.1. The lowest BCUT2D eigenvalue weighted by atomic mass is 10.1. The minimum atomic E-state index is -0.351. The van der Waals surface area contributed by atoms with Crippen molar-refractivity contribution >= 4 is 38.0 Å². The van der Waals surface area contributed by atoms with Gasteiger partial charge in [-0.05, 0) is 52.9 Å². The number of hydrogen-bond donors (Lipinski definition) is 2. The summed E-state index contributed by atoms with van der Waals surface area (Å²) in [5, 5.41) is 5.11. The van der Waals surface area contributed by atoms with E-state index in [0.29, 0.717) is 13.2 Å². The van der Waals surface area contributed by atoms with Gasteiger partial charge in [-0.25, -0.2) is 4.79 Å². The highest BCUT2D eigenvalue weighted by atomic mass is 79.9. The Balaban J connectivity index is 0.00000450. The van der Waals surface area contributed by atoms with E-state index in [1.807, 2.05) is 36.4 Å². The molecule has 0 aliphatic carbocycles. The number of unbranched alkanes of at least 4 members (excludes halogenated alkanes) is 3. The first-order chi connectivity index (χ1) is 14.1. The minimum absolute atomic E-state index is 0. The van der Waals surface area contributed by atoms with Gasteiger partial charge in [-0.1, -0.05) is 52.7 Å². The van der Waals surface area contributed by atoms with Crippen molar-refractivity contribution in [2.45, 2.75) is 38.8 Å². The van der Waals surface area contributed by atoms with E-state index in [2.05, 4.69) is 48.6 Å². The maximum absolute atomic E-state index is 11.7. The van der Waals surface area contributed by atoms with Crippen molar-refractivity contribution in [1.29, 1.82) is 0 Å². The Morgan fingerprint density at radius 2 is 1.80 bits per heavy atom. The number of halogens is 3. The fourth-order valence-electron chi connectivity index (χ4n) is 2.98. The molecule has 2 aromatic carbocycles. The maximum Gasteiger partial charge on any atom is 0.407 e. The highest BCUT2D eigenvalue weighted by Gasteiger charge is 2.10. The standard InChI is InChI=1S/C22H28Br2N2O3.ClH/c1-28-21-18(13-19(23)14-20(21)24)15-25-11-7-2-3-8-12-26-22(27)29-16-17-9-5-4-6-10-17;/h4-6,9-10,13-14,25H,2-3,7-8,11-12,15-16H2,1H3,(H,26,27);1H. The molecule has 0 bridgehead atoms. The van der Waals surface area contributed by atoms with Crippen LogP contribution in [0.2, 0.25) is 0 Å². The second kappa shape index (κ2) is 15.5. The molecule has 1 amide bonds. The van der Waals surface area contributed by atoms with Crippen molar-refractivity contribution in [3.63, 3.8) is 0 Å². The van der Waals surface area contributed by atoms with Crippen molar-refractivity contribution < 1.29 is 32.0 Å². The largest absolute Gasteiger partial charge is 1.00 e. The predicted octanol–water partition coefficient (Wildman–Crippen LogP) is 1.77. The summed E-state index contributed by atoms with van der Waals surface area (Å²) in [4.78, 5) is 11.7. The Morgan fingerprint density at radius 3 is 2.53 bits per heavy atom. The van der Waals surface area contributed by atoms with Gasteiger partial charge >= 0.3 is 6.09 Å².